The Balaban J connectivity index is 1.32. The van der Waals surface area contributed by atoms with E-state index in [1.54, 1.807) is 12.1 Å². The Morgan fingerprint density at radius 1 is 1.21 bits per heavy atom. The average Bonchev–Trinajstić information content (AvgIpc) is 3.48. The van der Waals surface area contributed by atoms with E-state index in [0.29, 0.717) is 41.0 Å². The second-order valence-corrected chi connectivity index (χ2v) is 9.45. The highest BCUT2D eigenvalue weighted by atomic mass is 16.5. The third kappa shape index (κ3) is 4.59. The number of nitrogens with one attached hydrogen (secondary N) is 2. The molecule has 2 heterocycles. The average molecular weight is 446 g/mol. The minimum atomic E-state index is -0.00203. The minimum absolute atomic E-state index is 0.00203. The molecule has 7 heteroatoms. The van der Waals surface area contributed by atoms with Gasteiger partial charge in [-0.2, -0.15) is 10.2 Å². The number of aromatic nitrogens is 2. The quantitative estimate of drug-likeness (QED) is 0.691. The number of fused-ring (bicyclic) bond motifs is 1. The Bertz CT molecular complexity index is 1090. The zero-order chi connectivity index (χ0) is 22.8. The van der Waals surface area contributed by atoms with Crippen molar-refractivity contribution in [3.05, 3.63) is 53.4 Å². The smallest absolute Gasteiger partial charge is 0.257 e. The monoisotopic (exact) mass is 445 g/mol. The van der Waals surface area contributed by atoms with Gasteiger partial charge in [-0.25, -0.2) is 0 Å². The molecule has 2 N–H and O–H groups in total. The lowest BCUT2D eigenvalue weighted by Crippen LogP contribution is -2.44. The van der Waals surface area contributed by atoms with Crippen molar-refractivity contribution in [3.63, 3.8) is 0 Å². The molecule has 3 aliphatic rings. The standard InChI is InChI=1S/C26H31N5O2/c1-16(2)32-24-9-6-17(14-18(24)15-27)26-30-25(31-33-26)22-5-3-4-21-20(22)7-8-23(21)29-19-10-12-28-13-11-19/h3-6,9,14,16,19-20,22-23,28-29H,7-8,10-13H2,1-2H3. The third-order valence-corrected chi connectivity index (χ3v) is 6.86. The highest BCUT2D eigenvalue weighted by Crippen LogP contribution is 2.44. The van der Waals surface area contributed by atoms with E-state index in [1.807, 2.05) is 19.9 Å². The second kappa shape index (κ2) is 9.50. The van der Waals surface area contributed by atoms with Crippen LogP contribution in [0.5, 0.6) is 5.75 Å². The zero-order valence-electron chi connectivity index (χ0n) is 19.3. The predicted molar refractivity (Wildman–Crippen MR) is 126 cm³/mol. The molecule has 5 rings (SSSR count). The van der Waals surface area contributed by atoms with Crippen LogP contribution < -0.4 is 15.4 Å². The van der Waals surface area contributed by atoms with Crippen molar-refractivity contribution >= 4 is 0 Å². The summed E-state index contributed by atoms with van der Waals surface area (Å²) in [6.07, 6.45) is 11.2. The molecule has 33 heavy (non-hydrogen) atoms. The molecule has 0 spiro atoms. The molecule has 172 valence electrons. The first-order valence-corrected chi connectivity index (χ1v) is 12.0. The highest BCUT2D eigenvalue weighted by Gasteiger charge is 2.39. The molecule has 1 aromatic carbocycles. The summed E-state index contributed by atoms with van der Waals surface area (Å²) < 4.78 is 11.4. The SMILES string of the molecule is CC(C)Oc1ccc(-c2nc(C3C=CC=C4C(NC5CCNCC5)CCC43)no2)cc1C#N. The molecule has 1 aliphatic heterocycles. The van der Waals surface area contributed by atoms with Crippen LogP contribution in [-0.2, 0) is 0 Å². The Morgan fingerprint density at radius 3 is 2.85 bits per heavy atom. The summed E-state index contributed by atoms with van der Waals surface area (Å²) in [5.41, 5.74) is 2.66. The van der Waals surface area contributed by atoms with E-state index in [1.165, 1.54) is 18.4 Å². The van der Waals surface area contributed by atoms with Gasteiger partial charge < -0.3 is 19.9 Å². The summed E-state index contributed by atoms with van der Waals surface area (Å²) in [7, 11) is 0. The first-order chi connectivity index (χ1) is 16.1. The number of hydrogen-bond acceptors (Lipinski definition) is 7. The Hall–Kier alpha value is -2.95. The van der Waals surface area contributed by atoms with Crippen molar-refractivity contribution in [3.8, 4) is 23.3 Å². The number of hydrogen-bond donors (Lipinski definition) is 2. The lowest BCUT2D eigenvalue weighted by atomic mass is 9.82. The van der Waals surface area contributed by atoms with Gasteiger partial charge in [-0.05, 0) is 82.3 Å². The Morgan fingerprint density at radius 2 is 2.06 bits per heavy atom. The van der Waals surface area contributed by atoms with E-state index in [9.17, 15) is 5.26 Å². The highest BCUT2D eigenvalue weighted by molar-refractivity contribution is 5.60. The number of nitrogens with zero attached hydrogens (tertiary/aromatic N) is 3. The Labute approximate surface area is 194 Å². The summed E-state index contributed by atoms with van der Waals surface area (Å²) in [5, 5.41) is 21.2. The molecule has 2 fully saturated rings. The Kier molecular flexibility index (Phi) is 6.30. The van der Waals surface area contributed by atoms with Crippen molar-refractivity contribution in [2.45, 2.75) is 63.6 Å². The van der Waals surface area contributed by atoms with E-state index in [-0.39, 0.29) is 12.0 Å². The van der Waals surface area contributed by atoms with E-state index < -0.39 is 0 Å². The number of benzene rings is 1. The van der Waals surface area contributed by atoms with Crippen LogP contribution in [-0.4, -0.2) is 41.4 Å². The van der Waals surface area contributed by atoms with Gasteiger partial charge in [0.15, 0.2) is 5.82 Å². The maximum Gasteiger partial charge on any atom is 0.257 e. The predicted octanol–water partition coefficient (Wildman–Crippen LogP) is 4.10. The molecule has 0 radical (unpaired) electrons. The fourth-order valence-electron chi connectivity index (χ4n) is 5.30. The third-order valence-electron chi connectivity index (χ3n) is 6.86. The first kappa shape index (κ1) is 21.9. The number of piperidine rings is 1. The summed E-state index contributed by atoms with van der Waals surface area (Å²) in [5.74, 6) is 2.22. The molecular formula is C26H31N5O2. The molecule has 3 atom stereocenters. The van der Waals surface area contributed by atoms with Crippen LogP contribution in [0.25, 0.3) is 11.5 Å². The molecule has 1 saturated carbocycles. The van der Waals surface area contributed by atoms with Gasteiger partial charge in [-0.15, -0.1) is 0 Å². The lowest BCUT2D eigenvalue weighted by molar-refractivity contribution is 0.241. The zero-order valence-corrected chi connectivity index (χ0v) is 19.3. The molecule has 1 aromatic heterocycles. The number of rotatable bonds is 6. The van der Waals surface area contributed by atoms with E-state index in [2.05, 4.69) is 40.1 Å². The molecule has 1 saturated heterocycles. The van der Waals surface area contributed by atoms with Gasteiger partial charge in [0.1, 0.15) is 11.8 Å². The van der Waals surface area contributed by atoms with Crippen molar-refractivity contribution in [2.24, 2.45) is 5.92 Å². The van der Waals surface area contributed by atoms with Gasteiger partial charge in [-0.1, -0.05) is 23.4 Å². The first-order valence-electron chi connectivity index (χ1n) is 12.0. The summed E-state index contributed by atoms with van der Waals surface area (Å²) in [6.45, 7) is 6.07. The van der Waals surface area contributed by atoms with Crippen molar-refractivity contribution in [1.82, 2.24) is 20.8 Å². The molecule has 2 aliphatic carbocycles. The van der Waals surface area contributed by atoms with Gasteiger partial charge in [0.05, 0.1) is 11.7 Å². The van der Waals surface area contributed by atoms with E-state index in [4.69, 9.17) is 14.2 Å². The molecule has 0 amide bonds. The van der Waals surface area contributed by atoms with Gasteiger partial charge >= 0.3 is 0 Å². The number of allylic oxidation sites excluding steroid dienone is 3. The fraction of sp³-hybridized carbons (Fsp3) is 0.500. The number of ether oxygens (including phenoxy) is 1. The topological polar surface area (TPSA) is 96.0 Å². The normalized spacial score (nSPS) is 25.0. The second-order valence-electron chi connectivity index (χ2n) is 9.45. The molecule has 3 unspecified atom stereocenters. The molecular weight excluding hydrogens is 414 g/mol. The van der Waals surface area contributed by atoms with Crippen LogP contribution in [0, 0.1) is 17.2 Å². The van der Waals surface area contributed by atoms with Crippen LogP contribution in [0.15, 0.2) is 46.5 Å². The van der Waals surface area contributed by atoms with Crippen molar-refractivity contribution < 1.29 is 9.26 Å². The summed E-state index contributed by atoms with van der Waals surface area (Å²) in [6, 6.07) is 8.65. The largest absolute Gasteiger partial charge is 0.490 e. The van der Waals surface area contributed by atoms with Crippen molar-refractivity contribution in [1.29, 1.82) is 5.26 Å². The van der Waals surface area contributed by atoms with Crippen LogP contribution in [0.4, 0.5) is 0 Å². The maximum atomic E-state index is 9.54. The van der Waals surface area contributed by atoms with Gasteiger partial charge in [0.2, 0.25) is 0 Å². The molecule has 7 nitrogen and oxygen atoms in total. The van der Waals surface area contributed by atoms with Gasteiger partial charge in [0, 0.05) is 23.6 Å². The fourth-order valence-corrected chi connectivity index (χ4v) is 5.30. The van der Waals surface area contributed by atoms with Gasteiger partial charge in [-0.3, -0.25) is 0 Å². The van der Waals surface area contributed by atoms with E-state index >= 15 is 0 Å². The van der Waals surface area contributed by atoms with Crippen LogP contribution in [0.2, 0.25) is 0 Å². The maximum absolute atomic E-state index is 9.54. The van der Waals surface area contributed by atoms with Crippen LogP contribution in [0.1, 0.15) is 56.8 Å². The molecule has 2 aromatic rings. The van der Waals surface area contributed by atoms with Crippen LogP contribution in [0.3, 0.4) is 0 Å². The minimum Gasteiger partial charge on any atom is -0.490 e. The number of nitriles is 1. The summed E-state index contributed by atoms with van der Waals surface area (Å²) in [4.78, 5) is 4.74. The van der Waals surface area contributed by atoms with Crippen molar-refractivity contribution in [2.75, 3.05) is 13.1 Å². The van der Waals surface area contributed by atoms with Gasteiger partial charge in [0.25, 0.3) is 5.89 Å². The van der Waals surface area contributed by atoms with Crippen LogP contribution >= 0.6 is 0 Å². The molecule has 0 bridgehead atoms. The lowest BCUT2D eigenvalue weighted by Gasteiger charge is -2.30. The summed E-state index contributed by atoms with van der Waals surface area (Å²) >= 11 is 0. The van der Waals surface area contributed by atoms with E-state index in [0.717, 1.165) is 31.5 Å².